The Kier molecular flexibility index (Phi) is 5.26. The van der Waals surface area contributed by atoms with E-state index in [0.717, 1.165) is 12.8 Å². The van der Waals surface area contributed by atoms with Gasteiger partial charge in [0.05, 0.1) is 5.56 Å². The fraction of sp³-hybridized carbons (Fsp3) is 0.263. The van der Waals surface area contributed by atoms with Crippen LogP contribution in [0.1, 0.15) is 40.5 Å². The number of esters is 1. The average Bonchev–Trinajstić information content (AvgIpc) is 3.44. The second-order valence-corrected chi connectivity index (χ2v) is 6.11. The maximum atomic E-state index is 12.0. The number of benzene rings is 1. The number of Topliss-reactive ketones (excluding diaryl/α,β-unsaturated/α-hetero) is 1. The highest BCUT2D eigenvalue weighted by Crippen LogP contribution is 2.23. The maximum absolute atomic E-state index is 12.0. The van der Waals surface area contributed by atoms with Crippen LogP contribution in [0.3, 0.4) is 0 Å². The molecule has 1 heterocycles. The maximum Gasteiger partial charge on any atom is 0.340 e. The first-order chi connectivity index (χ1) is 12.5. The zero-order chi connectivity index (χ0) is 18.5. The number of aromatic nitrogens is 1. The zero-order valence-corrected chi connectivity index (χ0v) is 14.3. The molecule has 1 aromatic carbocycles. The molecule has 1 aromatic heterocycles. The number of anilines is 2. The fourth-order valence-corrected chi connectivity index (χ4v) is 2.26. The van der Waals surface area contributed by atoms with E-state index in [4.69, 9.17) is 4.74 Å². The van der Waals surface area contributed by atoms with Crippen molar-refractivity contribution in [1.82, 2.24) is 4.98 Å². The molecular formula is C19H19N3O4. The fourth-order valence-electron chi connectivity index (χ4n) is 2.26. The normalized spacial score (nSPS) is 13.0. The highest BCUT2D eigenvalue weighted by Gasteiger charge is 2.21. The van der Waals surface area contributed by atoms with Gasteiger partial charge in [0.25, 0.3) is 5.91 Å². The SMILES string of the molecule is CC(=O)c1cccc(NC(=O)COC(=O)c2ccc(NC3CC3)nc2)c1. The minimum atomic E-state index is -0.622. The van der Waals surface area contributed by atoms with E-state index >= 15 is 0 Å². The van der Waals surface area contributed by atoms with Gasteiger partial charge in [0.2, 0.25) is 0 Å². The minimum absolute atomic E-state index is 0.0975. The first-order valence-electron chi connectivity index (χ1n) is 8.32. The Hall–Kier alpha value is -3.22. The van der Waals surface area contributed by atoms with Crippen molar-refractivity contribution >= 4 is 29.2 Å². The van der Waals surface area contributed by atoms with E-state index < -0.39 is 18.5 Å². The Balaban J connectivity index is 1.49. The number of hydrogen-bond donors (Lipinski definition) is 2. The predicted molar refractivity (Wildman–Crippen MR) is 96.2 cm³/mol. The van der Waals surface area contributed by atoms with Gasteiger partial charge in [-0.3, -0.25) is 9.59 Å². The smallest absolute Gasteiger partial charge is 0.340 e. The molecule has 1 fully saturated rings. The Bertz CT molecular complexity index is 829. The number of ether oxygens (including phenoxy) is 1. The first kappa shape index (κ1) is 17.6. The van der Waals surface area contributed by atoms with Crippen molar-refractivity contribution in [3.8, 4) is 0 Å². The van der Waals surface area contributed by atoms with Crippen LogP contribution < -0.4 is 10.6 Å². The molecule has 0 spiro atoms. The van der Waals surface area contributed by atoms with E-state index in [0.29, 0.717) is 23.1 Å². The summed E-state index contributed by atoms with van der Waals surface area (Å²) in [6.45, 7) is 1.02. The number of hydrogen-bond acceptors (Lipinski definition) is 6. The van der Waals surface area contributed by atoms with E-state index in [-0.39, 0.29) is 11.3 Å². The summed E-state index contributed by atoms with van der Waals surface area (Å²) >= 11 is 0. The van der Waals surface area contributed by atoms with Crippen molar-refractivity contribution in [2.45, 2.75) is 25.8 Å². The summed E-state index contributed by atoms with van der Waals surface area (Å²) in [4.78, 5) is 39.4. The molecule has 0 aliphatic heterocycles. The quantitative estimate of drug-likeness (QED) is 0.587. The third-order valence-electron chi connectivity index (χ3n) is 3.82. The van der Waals surface area contributed by atoms with Crippen molar-refractivity contribution in [2.24, 2.45) is 0 Å². The molecule has 3 rings (SSSR count). The van der Waals surface area contributed by atoms with Crippen molar-refractivity contribution < 1.29 is 19.1 Å². The number of nitrogens with zero attached hydrogens (tertiary/aromatic N) is 1. The van der Waals surface area contributed by atoms with Gasteiger partial charge in [-0.05, 0) is 44.0 Å². The van der Waals surface area contributed by atoms with Gasteiger partial charge in [0.1, 0.15) is 5.82 Å². The van der Waals surface area contributed by atoms with Crippen molar-refractivity contribution in [3.05, 3.63) is 53.7 Å². The third kappa shape index (κ3) is 4.89. The standard InChI is InChI=1S/C19H19N3O4/c1-12(23)13-3-2-4-16(9-13)22-18(24)11-26-19(25)14-5-8-17(20-10-14)21-15-6-7-15/h2-5,8-10,15H,6-7,11H2,1H3,(H,20,21)(H,22,24). The Morgan fingerprint density at radius 3 is 2.62 bits per heavy atom. The monoisotopic (exact) mass is 353 g/mol. The molecule has 7 heteroatoms. The van der Waals surface area contributed by atoms with Crippen LogP contribution in [0.2, 0.25) is 0 Å². The first-order valence-corrected chi connectivity index (χ1v) is 8.32. The molecule has 2 N–H and O–H groups in total. The summed E-state index contributed by atoms with van der Waals surface area (Å²) in [6, 6.07) is 10.3. The van der Waals surface area contributed by atoms with Crippen LogP contribution >= 0.6 is 0 Å². The Morgan fingerprint density at radius 2 is 1.96 bits per heavy atom. The lowest BCUT2D eigenvalue weighted by molar-refractivity contribution is -0.119. The van der Waals surface area contributed by atoms with Gasteiger partial charge in [0.15, 0.2) is 12.4 Å². The lowest BCUT2D eigenvalue weighted by Crippen LogP contribution is -2.21. The van der Waals surface area contributed by atoms with E-state index in [2.05, 4.69) is 15.6 Å². The largest absolute Gasteiger partial charge is 0.452 e. The van der Waals surface area contributed by atoms with E-state index in [1.807, 2.05) is 0 Å². The molecule has 0 radical (unpaired) electrons. The van der Waals surface area contributed by atoms with E-state index in [9.17, 15) is 14.4 Å². The van der Waals surface area contributed by atoms with Crippen molar-refractivity contribution in [2.75, 3.05) is 17.2 Å². The van der Waals surface area contributed by atoms with E-state index in [1.165, 1.54) is 13.1 Å². The molecule has 0 saturated heterocycles. The topological polar surface area (TPSA) is 97.4 Å². The summed E-state index contributed by atoms with van der Waals surface area (Å²) in [5, 5.41) is 5.81. The number of rotatable bonds is 7. The molecule has 0 unspecified atom stereocenters. The molecule has 0 atom stereocenters. The number of amides is 1. The minimum Gasteiger partial charge on any atom is -0.452 e. The molecule has 1 aliphatic rings. The van der Waals surface area contributed by atoms with Gasteiger partial charge in [-0.15, -0.1) is 0 Å². The highest BCUT2D eigenvalue weighted by atomic mass is 16.5. The van der Waals surface area contributed by atoms with E-state index in [1.54, 1.807) is 36.4 Å². The Morgan fingerprint density at radius 1 is 1.15 bits per heavy atom. The number of pyridine rings is 1. The lowest BCUT2D eigenvalue weighted by atomic mass is 10.1. The second-order valence-electron chi connectivity index (χ2n) is 6.11. The second kappa shape index (κ2) is 7.77. The summed E-state index contributed by atoms with van der Waals surface area (Å²) in [6.07, 6.45) is 3.69. The number of carbonyl (C=O) groups excluding carboxylic acids is 3. The summed E-state index contributed by atoms with van der Waals surface area (Å²) in [7, 11) is 0. The van der Waals surface area contributed by atoms with Crippen molar-refractivity contribution in [1.29, 1.82) is 0 Å². The summed E-state index contributed by atoms with van der Waals surface area (Å²) in [5.41, 5.74) is 1.24. The molecule has 26 heavy (non-hydrogen) atoms. The molecule has 134 valence electrons. The van der Waals surface area contributed by atoms with Crippen LogP contribution in [0.15, 0.2) is 42.6 Å². The van der Waals surface area contributed by atoms with Gasteiger partial charge < -0.3 is 15.4 Å². The highest BCUT2D eigenvalue weighted by molar-refractivity contribution is 5.98. The van der Waals surface area contributed by atoms with Crippen molar-refractivity contribution in [3.63, 3.8) is 0 Å². The van der Waals surface area contributed by atoms with Crippen LogP contribution in [-0.4, -0.2) is 35.3 Å². The molecule has 2 aromatic rings. The van der Waals surface area contributed by atoms with Gasteiger partial charge in [-0.1, -0.05) is 12.1 Å². The van der Waals surface area contributed by atoms with Crippen LogP contribution in [-0.2, 0) is 9.53 Å². The van der Waals surface area contributed by atoms with Gasteiger partial charge in [-0.2, -0.15) is 0 Å². The van der Waals surface area contributed by atoms with Gasteiger partial charge in [-0.25, -0.2) is 9.78 Å². The lowest BCUT2D eigenvalue weighted by Gasteiger charge is -2.08. The van der Waals surface area contributed by atoms with Gasteiger partial charge >= 0.3 is 5.97 Å². The van der Waals surface area contributed by atoms with Gasteiger partial charge in [0, 0.05) is 23.5 Å². The summed E-state index contributed by atoms with van der Waals surface area (Å²) < 4.78 is 4.99. The predicted octanol–water partition coefficient (Wildman–Crippen LogP) is 2.65. The molecule has 7 nitrogen and oxygen atoms in total. The zero-order valence-electron chi connectivity index (χ0n) is 14.3. The average molecular weight is 353 g/mol. The van der Waals surface area contributed by atoms with Crippen LogP contribution in [0.25, 0.3) is 0 Å². The molecule has 0 bridgehead atoms. The molecule has 1 amide bonds. The molecular weight excluding hydrogens is 334 g/mol. The number of ketones is 1. The number of carbonyl (C=O) groups is 3. The van der Waals surface area contributed by atoms with Crippen LogP contribution in [0.5, 0.6) is 0 Å². The summed E-state index contributed by atoms with van der Waals surface area (Å²) in [5.74, 6) is -0.492. The molecule has 1 saturated carbocycles. The van der Waals surface area contributed by atoms with Crippen LogP contribution in [0.4, 0.5) is 11.5 Å². The molecule has 1 aliphatic carbocycles. The Labute approximate surface area is 150 Å². The van der Waals surface area contributed by atoms with Crippen LogP contribution in [0, 0.1) is 0 Å². The third-order valence-corrected chi connectivity index (χ3v) is 3.82. The number of nitrogens with one attached hydrogen (secondary N) is 2.